The van der Waals surface area contributed by atoms with Crippen molar-refractivity contribution in [1.82, 2.24) is 15.0 Å². The van der Waals surface area contributed by atoms with Crippen LogP contribution in [0.15, 0.2) is 192 Å². The number of hydrogen-bond acceptors (Lipinski definition) is 5. The molecule has 0 aliphatic carbocycles. The maximum absolute atomic E-state index is 6.49. The SMILES string of the molecule is c1ccc(-c2nc(-c3ccc(-c4cccc5oc6ccc(-c7cc8ccccc8c8ccccc78)cc6c45)cc3)nc(-c3cccc4c3sc3ccccc34)n2)cc1. The van der Waals surface area contributed by atoms with Gasteiger partial charge in [-0.3, -0.25) is 0 Å². The molecule has 0 amide bonds. The van der Waals surface area contributed by atoms with Crippen LogP contribution in [0.25, 0.3) is 120 Å². The van der Waals surface area contributed by atoms with Gasteiger partial charge < -0.3 is 4.42 Å². The molecule has 270 valence electrons. The molecule has 0 bridgehead atoms. The third kappa shape index (κ3) is 5.25. The Balaban J connectivity index is 0.984. The summed E-state index contributed by atoms with van der Waals surface area (Å²) in [5.41, 5.74) is 9.17. The minimum atomic E-state index is 0.632. The smallest absolute Gasteiger partial charge is 0.165 e. The average molecular weight is 758 g/mol. The van der Waals surface area contributed by atoms with E-state index in [0.29, 0.717) is 17.5 Å². The van der Waals surface area contributed by atoms with Gasteiger partial charge in [-0.05, 0) is 80.2 Å². The van der Waals surface area contributed by atoms with E-state index >= 15 is 0 Å². The summed E-state index contributed by atoms with van der Waals surface area (Å²) in [6.07, 6.45) is 0. The first-order valence-corrected chi connectivity index (χ1v) is 20.2. The number of aromatic nitrogens is 3. The van der Waals surface area contributed by atoms with Crippen LogP contribution in [0.3, 0.4) is 0 Å². The largest absolute Gasteiger partial charge is 0.456 e. The predicted octanol–water partition coefficient (Wildman–Crippen LogP) is 14.8. The van der Waals surface area contributed by atoms with Gasteiger partial charge in [0.1, 0.15) is 11.2 Å². The zero-order valence-corrected chi connectivity index (χ0v) is 31.9. The number of furan rings is 1. The lowest BCUT2D eigenvalue weighted by Crippen LogP contribution is -2.00. The van der Waals surface area contributed by atoms with Crippen molar-refractivity contribution in [1.29, 1.82) is 0 Å². The van der Waals surface area contributed by atoms with Gasteiger partial charge >= 0.3 is 0 Å². The molecule has 12 aromatic rings. The number of rotatable bonds is 5. The molecular weight excluding hydrogens is 727 g/mol. The molecule has 3 heterocycles. The van der Waals surface area contributed by atoms with Crippen LogP contribution >= 0.6 is 11.3 Å². The molecule has 0 N–H and O–H groups in total. The number of hydrogen-bond donors (Lipinski definition) is 0. The fourth-order valence-corrected chi connectivity index (χ4v) is 9.80. The van der Waals surface area contributed by atoms with E-state index in [0.717, 1.165) is 55.3 Å². The van der Waals surface area contributed by atoms with E-state index in [1.807, 2.05) is 18.2 Å². The standard InChI is InChI=1S/C53H31N3OS/c1-2-12-33(13-3-1)51-54-52(56-53(55-51)43-21-10-20-42-41-18-8-9-23-48(41)58-50(42)43)34-26-24-32(25-27-34)38-19-11-22-47-49(38)45-31-36(28-29-46(45)57-47)44-30-35-14-4-5-15-37(35)39-16-6-7-17-40(39)44/h1-31H. The normalized spacial score (nSPS) is 11.8. The quantitative estimate of drug-likeness (QED) is 0.164. The average Bonchev–Trinajstić information content (AvgIpc) is 3.87. The van der Waals surface area contributed by atoms with Crippen molar-refractivity contribution < 1.29 is 4.42 Å². The van der Waals surface area contributed by atoms with E-state index < -0.39 is 0 Å². The van der Waals surface area contributed by atoms with Gasteiger partial charge in [0.15, 0.2) is 17.5 Å². The molecule has 58 heavy (non-hydrogen) atoms. The van der Waals surface area contributed by atoms with E-state index in [-0.39, 0.29) is 0 Å². The highest BCUT2D eigenvalue weighted by molar-refractivity contribution is 7.26. The van der Waals surface area contributed by atoms with Crippen molar-refractivity contribution >= 4 is 75.0 Å². The zero-order chi connectivity index (χ0) is 38.2. The number of thiophene rings is 1. The lowest BCUT2D eigenvalue weighted by atomic mass is 9.92. The molecular formula is C53H31N3OS. The van der Waals surface area contributed by atoms with Crippen LogP contribution in [0.4, 0.5) is 0 Å². The topological polar surface area (TPSA) is 51.8 Å². The third-order valence-corrected chi connectivity index (χ3v) is 12.6. The van der Waals surface area contributed by atoms with Crippen molar-refractivity contribution in [3.8, 4) is 56.4 Å². The summed E-state index contributed by atoms with van der Waals surface area (Å²) in [6, 6.07) is 66.3. The number of nitrogens with zero attached hydrogens (tertiary/aromatic N) is 3. The van der Waals surface area contributed by atoms with Gasteiger partial charge in [-0.2, -0.15) is 0 Å². The molecule has 5 heteroatoms. The number of benzene rings is 9. The second-order valence-corrected chi connectivity index (χ2v) is 15.8. The first-order chi connectivity index (χ1) is 28.7. The molecule has 0 fully saturated rings. The van der Waals surface area contributed by atoms with E-state index in [2.05, 4.69) is 170 Å². The molecule has 4 nitrogen and oxygen atoms in total. The summed E-state index contributed by atoms with van der Waals surface area (Å²) in [5, 5.41) is 9.64. The molecule has 0 unspecified atom stereocenters. The summed E-state index contributed by atoms with van der Waals surface area (Å²) in [5.74, 6) is 1.94. The molecule has 0 saturated heterocycles. The minimum Gasteiger partial charge on any atom is -0.456 e. The van der Waals surface area contributed by atoms with Crippen molar-refractivity contribution in [3.05, 3.63) is 188 Å². The van der Waals surface area contributed by atoms with Gasteiger partial charge in [0.05, 0.1) is 0 Å². The molecule has 0 spiro atoms. The van der Waals surface area contributed by atoms with Gasteiger partial charge in [-0.25, -0.2) is 15.0 Å². The molecule has 0 aliphatic rings. The van der Waals surface area contributed by atoms with E-state index in [4.69, 9.17) is 19.4 Å². The van der Waals surface area contributed by atoms with Crippen molar-refractivity contribution in [2.75, 3.05) is 0 Å². The van der Waals surface area contributed by atoms with Crippen LogP contribution < -0.4 is 0 Å². The molecule has 9 aromatic carbocycles. The van der Waals surface area contributed by atoms with Crippen LogP contribution in [0.1, 0.15) is 0 Å². The van der Waals surface area contributed by atoms with Crippen molar-refractivity contribution in [2.24, 2.45) is 0 Å². The molecule has 0 radical (unpaired) electrons. The molecule has 12 rings (SSSR count). The van der Waals surface area contributed by atoms with Crippen molar-refractivity contribution in [2.45, 2.75) is 0 Å². The highest BCUT2D eigenvalue weighted by Gasteiger charge is 2.18. The van der Waals surface area contributed by atoms with Crippen LogP contribution in [0.2, 0.25) is 0 Å². The first-order valence-electron chi connectivity index (χ1n) is 19.4. The Labute approximate surface area is 337 Å². The highest BCUT2D eigenvalue weighted by Crippen LogP contribution is 2.42. The molecule has 0 atom stereocenters. The van der Waals surface area contributed by atoms with Gasteiger partial charge in [-0.15, -0.1) is 11.3 Å². The van der Waals surface area contributed by atoms with E-state index in [9.17, 15) is 0 Å². The second-order valence-electron chi connectivity index (χ2n) is 14.7. The zero-order valence-electron chi connectivity index (χ0n) is 31.1. The van der Waals surface area contributed by atoms with Crippen LogP contribution in [0, 0.1) is 0 Å². The molecule has 0 saturated carbocycles. The molecule has 3 aromatic heterocycles. The second kappa shape index (κ2) is 13.1. The van der Waals surface area contributed by atoms with Crippen LogP contribution in [0.5, 0.6) is 0 Å². The van der Waals surface area contributed by atoms with Gasteiger partial charge in [0, 0.05) is 47.6 Å². The Hall–Kier alpha value is -7.47. The fraction of sp³-hybridized carbons (Fsp3) is 0. The lowest BCUT2D eigenvalue weighted by molar-refractivity contribution is 0.669. The maximum atomic E-state index is 6.49. The summed E-state index contributed by atoms with van der Waals surface area (Å²) < 4.78 is 8.91. The Morgan fingerprint density at radius 2 is 0.966 bits per heavy atom. The Morgan fingerprint density at radius 1 is 0.345 bits per heavy atom. The van der Waals surface area contributed by atoms with Crippen LogP contribution in [-0.2, 0) is 0 Å². The Kier molecular flexibility index (Phi) is 7.37. The van der Waals surface area contributed by atoms with Crippen molar-refractivity contribution in [3.63, 3.8) is 0 Å². The van der Waals surface area contributed by atoms with Crippen LogP contribution in [-0.4, -0.2) is 15.0 Å². The monoisotopic (exact) mass is 757 g/mol. The number of fused-ring (bicyclic) bond motifs is 9. The summed E-state index contributed by atoms with van der Waals surface area (Å²) in [6.45, 7) is 0. The molecule has 0 aliphatic heterocycles. The fourth-order valence-electron chi connectivity index (χ4n) is 8.59. The van der Waals surface area contributed by atoms with Gasteiger partial charge in [-0.1, -0.05) is 152 Å². The van der Waals surface area contributed by atoms with Gasteiger partial charge in [0.25, 0.3) is 0 Å². The van der Waals surface area contributed by atoms with Gasteiger partial charge in [0.2, 0.25) is 0 Å². The summed E-state index contributed by atoms with van der Waals surface area (Å²) in [4.78, 5) is 15.3. The highest BCUT2D eigenvalue weighted by atomic mass is 32.1. The lowest BCUT2D eigenvalue weighted by Gasteiger charge is -2.11. The Bertz CT molecular complexity index is 3570. The minimum absolute atomic E-state index is 0.632. The summed E-state index contributed by atoms with van der Waals surface area (Å²) in [7, 11) is 0. The Morgan fingerprint density at radius 3 is 1.81 bits per heavy atom. The maximum Gasteiger partial charge on any atom is 0.165 e. The predicted molar refractivity (Wildman–Crippen MR) is 242 cm³/mol. The summed E-state index contributed by atoms with van der Waals surface area (Å²) >= 11 is 1.78. The van der Waals surface area contributed by atoms with E-state index in [1.165, 1.54) is 47.3 Å². The van der Waals surface area contributed by atoms with E-state index in [1.54, 1.807) is 11.3 Å². The first kappa shape index (κ1) is 32.7. The third-order valence-electron chi connectivity index (χ3n) is 11.3.